The van der Waals surface area contributed by atoms with Crippen molar-refractivity contribution in [2.45, 2.75) is 56.3 Å². The fraction of sp³-hybridized carbons (Fsp3) is 0.667. The smallest absolute Gasteiger partial charge is 0.167 e. The van der Waals surface area contributed by atoms with Gasteiger partial charge in [0.15, 0.2) is 23.2 Å². The van der Waals surface area contributed by atoms with Crippen molar-refractivity contribution < 1.29 is 20.1 Å². The van der Waals surface area contributed by atoms with E-state index in [-0.39, 0.29) is 6.61 Å². The van der Waals surface area contributed by atoms with E-state index in [2.05, 4.69) is 20.3 Å². The topological polar surface area (TPSA) is 126 Å². The van der Waals surface area contributed by atoms with E-state index in [1.165, 1.54) is 25.5 Å². The molecule has 0 aromatic carbocycles. The van der Waals surface area contributed by atoms with Gasteiger partial charge in [0.1, 0.15) is 24.6 Å². The molecule has 9 heteroatoms. The molecular formula is C15H21N5O4. The number of fused-ring (bicyclic) bond motifs is 1. The zero-order valence-corrected chi connectivity index (χ0v) is 13.1. The number of imidazole rings is 1. The molecule has 1 aliphatic heterocycles. The van der Waals surface area contributed by atoms with Crippen molar-refractivity contribution in [2.75, 3.05) is 11.9 Å². The van der Waals surface area contributed by atoms with Crippen molar-refractivity contribution in [3.63, 3.8) is 0 Å². The van der Waals surface area contributed by atoms with Gasteiger partial charge in [-0.1, -0.05) is 12.8 Å². The largest absolute Gasteiger partial charge is 0.394 e. The molecule has 2 aromatic heterocycles. The van der Waals surface area contributed by atoms with Crippen LogP contribution >= 0.6 is 0 Å². The van der Waals surface area contributed by atoms with Crippen LogP contribution in [0, 0.1) is 0 Å². The van der Waals surface area contributed by atoms with Crippen LogP contribution in [0.15, 0.2) is 12.7 Å². The highest BCUT2D eigenvalue weighted by molar-refractivity contribution is 5.82. The van der Waals surface area contributed by atoms with Gasteiger partial charge >= 0.3 is 0 Å². The Labute approximate surface area is 138 Å². The second kappa shape index (κ2) is 6.25. The van der Waals surface area contributed by atoms with Gasteiger partial charge in [-0.15, -0.1) is 0 Å². The molecular weight excluding hydrogens is 314 g/mol. The van der Waals surface area contributed by atoms with Crippen LogP contribution < -0.4 is 5.32 Å². The fourth-order valence-electron chi connectivity index (χ4n) is 3.52. The number of ether oxygens (including phenoxy) is 1. The van der Waals surface area contributed by atoms with Gasteiger partial charge < -0.3 is 25.4 Å². The number of nitrogens with one attached hydrogen (secondary N) is 1. The SMILES string of the molecule is OC[C@H]1O[C@@H](n2cnc3c(NC4CCCC4)ncnc32)[C@@H](O)[C@H]1O. The molecule has 130 valence electrons. The molecule has 2 aliphatic rings. The maximum absolute atomic E-state index is 10.2. The number of anilines is 1. The lowest BCUT2D eigenvalue weighted by atomic mass is 10.1. The van der Waals surface area contributed by atoms with Gasteiger partial charge in [-0.2, -0.15) is 0 Å². The lowest BCUT2D eigenvalue weighted by molar-refractivity contribution is -0.0511. The van der Waals surface area contributed by atoms with Gasteiger partial charge in [0, 0.05) is 6.04 Å². The maximum Gasteiger partial charge on any atom is 0.167 e. The first-order chi connectivity index (χ1) is 11.7. The third-order valence-electron chi connectivity index (χ3n) is 4.85. The lowest BCUT2D eigenvalue weighted by Gasteiger charge is -2.17. The summed E-state index contributed by atoms with van der Waals surface area (Å²) in [6.45, 7) is -0.370. The average molecular weight is 335 g/mol. The van der Waals surface area contributed by atoms with Gasteiger partial charge in [0.2, 0.25) is 0 Å². The van der Waals surface area contributed by atoms with Gasteiger partial charge in [-0.25, -0.2) is 15.0 Å². The number of aromatic nitrogens is 4. The average Bonchev–Trinajstić information content (AvgIpc) is 3.30. The summed E-state index contributed by atoms with van der Waals surface area (Å²) < 4.78 is 7.12. The Balaban J connectivity index is 1.65. The summed E-state index contributed by atoms with van der Waals surface area (Å²) in [4.78, 5) is 12.9. The quantitative estimate of drug-likeness (QED) is 0.605. The van der Waals surface area contributed by atoms with Crippen LogP contribution in [0.2, 0.25) is 0 Å². The Bertz CT molecular complexity index is 717. The molecule has 0 bridgehead atoms. The molecule has 1 saturated carbocycles. The van der Waals surface area contributed by atoms with Crippen molar-refractivity contribution in [3.05, 3.63) is 12.7 Å². The highest BCUT2D eigenvalue weighted by Gasteiger charge is 2.44. The molecule has 4 rings (SSSR count). The maximum atomic E-state index is 10.2. The molecule has 24 heavy (non-hydrogen) atoms. The predicted molar refractivity (Wildman–Crippen MR) is 84.2 cm³/mol. The minimum Gasteiger partial charge on any atom is -0.394 e. The van der Waals surface area contributed by atoms with Crippen molar-refractivity contribution in [1.82, 2.24) is 19.5 Å². The first kappa shape index (κ1) is 15.7. The standard InChI is InChI=1S/C15H21N5O4/c21-5-9-11(22)12(23)15(24-9)20-7-18-10-13(16-6-17-14(10)20)19-8-3-1-2-4-8/h6-9,11-12,15,21-23H,1-5H2,(H,16,17,19)/t9-,11+,12+,15-/m1/s1. The lowest BCUT2D eigenvalue weighted by Crippen LogP contribution is -2.33. The molecule has 0 spiro atoms. The van der Waals surface area contributed by atoms with E-state index in [0.717, 1.165) is 12.8 Å². The molecule has 1 saturated heterocycles. The summed E-state index contributed by atoms with van der Waals surface area (Å²) in [5.41, 5.74) is 1.11. The monoisotopic (exact) mass is 335 g/mol. The number of rotatable bonds is 4. The number of aliphatic hydroxyl groups is 3. The molecule has 4 N–H and O–H groups in total. The van der Waals surface area contributed by atoms with Crippen LogP contribution in [0.1, 0.15) is 31.9 Å². The second-order valence-corrected chi connectivity index (χ2v) is 6.40. The van der Waals surface area contributed by atoms with E-state index in [4.69, 9.17) is 4.74 Å². The van der Waals surface area contributed by atoms with Crippen LogP contribution in [0.5, 0.6) is 0 Å². The molecule has 0 unspecified atom stereocenters. The van der Waals surface area contributed by atoms with Crippen LogP contribution in [0.3, 0.4) is 0 Å². The highest BCUT2D eigenvalue weighted by Crippen LogP contribution is 2.32. The second-order valence-electron chi connectivity index (χ2n) is 6.40. The molecule has 2 fully saturated rings. The Morgan fingerprint density at radius 1 is 1.17 bits per heavy atom. The van der Waals surface area contributed by atoms with Crippen LogP contribution in [0.25, 0.3) is 11.2 Å². The molecule has 9 nitrogen and oxygen atoms in total. The van der Waals surface area contributed by atoms with E-state index in [9.17, 15) is 15.3 Å². The first-order valence-electron chi connectivity index (χ1n) is 8.25. The Morgan fingerprint density at radius 3 is 2.67 bits per heavy atom. The van der Waals surface area contributed by atoms with Crippen molar-refractivity contribution in [3.8, 4) is 0 Å². The number of hydrogen-bond acceptors (Lipinski definition) is 8. The predicted octanol–water partition coefficient (Wildman–Crippen LogP) is -0.208. The third kappa shape index (κ3) is 2.53. The molecule has 0 radical (unpaired) electrons. The Hall–Kier alpha value is -1.81. The minimum absolute atomic E-state index is 0.370. The van der Waals surface area contributed by atoms with E-state index >= 15 is 0 Å². The number of nitrogens with zero attached hydrogens (tertiary/aromatic N) is 4. The summed E-state index contributed by atoms with van der Waals surface area (Å²) in [7, 11) is 0. The number of aliphatic hydroxyl groups excluding tert-OH is 3. The summed E-state index contributed by atoms with van der Waals surface area (Å²) in [6.07, 6.45) is 3.60. The Morgan fingerprint density at radius 2 is 1.96 bits per heavy atom. The van der Waals surface area contributed by atoms with Gasteiger partial charge in [-0.3, -0.25) is 4.57 Å². The van der Waals surface area contributed by atoms with Crippen LogP contribution in [-0.4, -0.2) is 65.8 Å². The van der Waals surface area contributed by atoms with E-state index in [0.29, 0.717) is 23.0 Å². The van der Waals surface area contributed by atoms with Crippen LogP contribution in [0.4, 0.5) is 5.82 Å². The van der Waals surface area contributed by atoms with Gasteiger partial charge in [0.25, 0.3) is 0 Å². The molecule has 0 amide bonds. The van der Waals surface area contributed by atoms with Gasteiger partial charge in [-0.05, 0) is 12.8 Å². The van der Waals surface area contributed by atoms with E-state index in [1.54, 1.807) is 4.57 Å². The first-order valence-corrected chi connectivity index (χ1v) is 8.25. The van der Waals surface area contributed by atoms with E-state index < -0.39 is 24.5 Å². The summed E-state index contributed by atoms with van der Waals surface area (Å²) >= 11 is 0. The molecule has 2 aromatic rings. The third-order valence-corrected chi connectivity index (χ3v) is 4.85. The molecule has 3 heterocycles. The van der Waals surface area contributed by atoms with Crippen molar-refractivity contribution >= 4 is 17.0 Å². The molecule has 4 atom stereocenters. The zero-order chi connectivity index (χ0) is 16.7. The summed E-state index contributed by atoms with van der Waals surface area (Å²) in [5.74, 6) is 0.664. The zero-order valence-electron chi connectivity index (χ0n) is 13.1. The Kier molecular flexibility index (Phi) is 4.09. The summed E-state index contributed by atoms with van der Waals surface area (Å²) in [5, 5.41) is 32.8. The fourth-order valence-corrected chi connectivity index (χ4v) is 3.52. The van der Waals surface area contributed by atoms with E-state index in [1.807, 2.05) is 0 Å². The normalized spacial score (nSPS) is 31.1. The number of hydrogen-bond donors (Lipinski definition) is 4. The van der Waals surface area contributed by atoms with Gasteiger partial charge in [0.05, 0.1) is 12.9 Å². The van der Waals surface area contributed by atoms with Crippen molar-refractivity contribution in [1.29, 1.82) is 0 Å². The highest BCUT2D eigenvalue weighted by atomic mass is 16.6. The summed E-state index contributed by atoms with van der Waals surface area (Å²) in [6, 6.07) is 0.391. The minimum atomic E-state index is -1.17. The van der Waals surface area contributed by atoms with Crippen molar-refractivity contribution in [2.24, 2.45) is 0 Å². The van der Waals surface area contributed by atoms with Crippen LogP contribution in [-0.2, 0) is 4.74 Å². The molecule has 1 aliphatic carbocycles.